The largest absolute Gasteiger partial charge is 0.298 e. The Morgan fingerprint density at radius 3 is 2.23 bits per heavy atom. The Kier molecular flexibility index (Phi) is 2.86. The van der Waals surface area contributed by atoms with E-state index in [4.69, 9.17) is 0 Å². The molecule has 1 aromatic rings. The van der Waals surface area contributed by atoms with E-state index >= 15 is 0 Å². The fourth-order valence-corrected chi connectivity index (χ4v) is 1.64. The Hall–Kier alpha value is -1.11. The third kappa shape index (κ3) is 1.97. The molecule has 0 unspecified atom stereocenters. The van der Waals surface area contributed by atoms with Gasteiger partial charge >= 0.3 is 0 Å². The molecule has 0 saturated heterocycles. The summed E-state index contributed by atoms with van der Waals surface area (Å²) in [4.78, 5) is 10.7. The van der Waals surface area contributed by atoms with E-state index in [0.717, 1.165) is 17.4 Å². The normalized spacial score (nSPS) is 10.5. The average Bonchev–Trinajstić information content (AvgIpc) is 2.03. The molecule has 13 heavy (non-hydrogen) atoms. The Balaban J connectivity index is 3.30. The number of hydrogen-bond acceptors (Lipinski definition) is 1. The molecule has 0 radical (unpaired) electrons. The maximum atomic E-state index is 10.7. The van der Waals surface area contributed by atoms with E-state index in [2.05, 4.69) is 26.8 Å². The van der Waals surface area contributed by atoms with Crippen LogP contribution in [0.1, 0.15) is 46.8 Å². The summed E-state index contributed by atoms with van der Waals surface area (Å²) < 4.78 is 0. The zero-order valence-corrected chi connectivity index (χ0v) is 8.72. The number of hydrogen-bond donors (Lipinski definition) is 0. The monoisotopic (exact) mass is 176 g/mol. The van der Waals surface area contributed by atoms with E-state index in [1.807, 2.05) is 13.0 Å². The third-order valence-electron chi connectivity index (χ3n) is 2.40. The van der Waals surface area contributed by atoms with Crippen LogP contribution in [0.15, 0.2) is 12.1 Å². The number of carbonyl (C=O) groups excluding carboxylic acids is 1. The van der Waals surface area contributed by atoms with Gasteiger partial charge in [-0.15, -0.1) is 0 Å². The first-order valence-electron chi connectivity index (χ1n) is 4.62. The lowest BCUT2D eigenvalue weighted by Gasteiger charge is -2.11. The lowest BCUT2D eigenvalue weighted by molar-refractivity contribution is 0.112. The molecule has 0 bridgehead atoms. The standard InChI is InChI=1S/C12H16O/c1-8(2)12-6-11(7-13)9(3)5-10(12)4/h5-8H,1-4H3. The van der Waals surface area contributed by atoms with Gasteiger partial charge in [0.05, 0.1) is 0 Å². The molecule has 1 heteroatoms. The van der Waals surface area contributed by atoms with E-state index in [-0.39, 0.29) is 0 Å². The van der Waals surface area contributed by atoms with Crippen LogP contribution in [0.5, 0.6) is 0 Å². The molecule has 0 aliphatic carbocycles. The van der Waals surface area contributed by atoms with Gasteiger partial charge in [-0.3, -0.25) is 4.79 Å². The molecule has 0 aliphatic heterocycles. The van der Waals surface area contributed by atoms with E-state index in [9.17, 15) is 4.79 Å². The predicted molar refractivity (Wildman–Crippen MR) is 55.4 cm³/mol. The highest BCUT2D eigenvalue weighted by atomic mass is 16.1. The molecule has 0 aromatic heterocycles. The van der Waals surface area contributed by atoms with Gasteiger partial charge in [-0.1, -0.05) is 19.9 Å². The summed E-state index contributed by atoms with van der Waals surface area (Å²) in [5, 5.41) is 0. The van der Waals surface area contributed by atoms with Crippen molar-refractivity contribution in [2.75, 3.05) is 0 Å². The van der Waals surface area contributed by atoms with E-state index < -0.39 is 0 Å². The molecule has 0 atom stereocenters. The summed E-state index contributed by atoms with van der Waals surface area (Å²) in [6, 6.07) is 4.08. The Morgan fingerprint density at radius 1 is 1.15 bits per heavy atom. The highest BCUT2D eigenvalue weighted by molar-refractivity contribution is 5.77. The minimum Gasteiger partial charge on any atom is -0.298 e. The molecule has 1 aromatic carbocycles. The van der Waals surface area contributed by atoms with Gasteiger partial charge in [0, 0.05) is 5.56 Å². The smallest absolute Gasteiger partial charge is 0.150 e. The lowest BCUT2D eigenvalue weighted by Crippen LogP contribution is -1.96. The maximum Gasteiger partial charge on any atom is 0.150 e. The van der Waals surface area contributed by atoms with Crippen molar-refractivity contribution in [3.63, 3.8) is 0 Å². The van der Waals surface area contributed by atoms with Crippen LogP contribution in [0.2, 0.25) is 0 Å². The van der Waals surface area contributed by atoms with Gasteiger partial charge in [-0.2, -0.15) is 0 Å². The predicted octanol–water partition coefficient (Wildman–Crippen LogP) is 3.24. The highest BCUT2D eigenvalue weighted by Gasteiger charge is 2.06. The molecule has 0 saturated carbocycles. The molecule has 0 N–H and O–H groups in total. The topological polar surface area (TPSA) is 17.1 Å². The Morgan fingerprint density at radius 2 is 1.77 bits per heavy atom. The fraction of sp³-hybridized carbons (Fsp3) is 0.417. The van der Waals surface area contributed by atoms with Crippen LogP contribution >= 0.6 is 0 Å². The van der Waals surface area contributed by atoms with Crippen molar-refractivity contribution in [2.24, 2.45) is 0 Å². The number of rotatable bonds is 2. The lowest BCUT2D eigenvalue weighted by atomic mass is 9.93. The van der Waals surface area contributed by atoms with Crippen molar-refractivity contribution in [3.8, 4) is 0 Å². The number of aldehydes is 1. The summed E-state index contributed by atoms with van der Waals surface area (Å²) in [5.41, 5.74) is 4.43. The number of carbonyl (C=O) groups is 1. The van der Waals surface area contributed by atoms with Crippen molar-refractivity contribution in [3.05, 3.63) is 34.4 Å². The van der Waals surface area contributed by atoms with Crippen molar-refractivity contribution in [2.45, 2.75) is 33.6 Å². The first-order valence-corrected chi connectivity index (χ1v) is 4.62. The molecule has 0 heterocycles. The van der Waals surface area contributed by atoms with Crippen molar-refractivity contribution in [1.82, 2.24) is 0 Å². The second kappa shape index (κ2) is 3.73. The summed E-state index contributed by atoms with van der Waals surface area (Å²) in [6.45, 7) is 8.36. The molecule has 0 aliphatic rings. The molecule has 1 rings (SSSR count). The van der Waals surface area contributed by atoms with Gasteiger partial charge < -0.3 is 0 Å². The van der Waals surface area contributed by atoms with Crippen LogP contribution in [0.3, 0.4) is 0 Å². The van der Waals surface area contributed by atoms with Gasteiger partial charge in [0.1, 0.15) is 6.29 Å². The molecule has 1 nitrogen and oxygen atoms in total. The molecule has 0 fully saturated rings. The molecule has 70 valence electrons. The molecular weight excluding hydrogens is 160 g/mol. The van der Waals surface area contributed by atoms with Gasteiger partial charge in [-0.05, 0) is 42.5 Å². The maximum absolute atomic E-state index is 10.7. The Labute approximate surface area is 79.8 Å². The Bertz CT molecular complexity index is 324. The van der Waals surface area contributed by atoms with Crippen molar-refractivity contribution < 1.29 is 4.79 Å². The molecule has 0 amide bonds. The van der Waals surface area contributed by atoms with Crippen molar-refractivity contribution >= 4 is 6.29 Å². The zero-order chi connectivity index (χ0) is 10.0. The first-order chi connectivity index (χ1) is 6.06. The van der Waals surface area contributed by atoms with E-state index in [1.165, 1.54) is 11.1 Å². The summed E-state index contributed by atoms with van der Waals surface area (Å²) in [6.07, 6.45) is 0.931. The van der Waals surface area contributed by atoms with Crippen LogP contribution in [-0.2, 0) is 0 Å². The van der Waals surface area contributed by atoms with E-state index in [1.54, 1.807) is 0 Å². The third-order valence-corrected chi connectivity index (χ3v) is 2.40. The van der Waals surface area contributed by atoms with Gasteiger partial charge in [-0.25, -0.2) is 0 Å². The summed E-state index contributed by atoms with van der Waals surface area (Å²) in [7, 11) is 0. The minimum atomic E-state index is 0.485. The first kappa shape index (κ1) is 9.97. The SMILES string of the molecule is Cc1cc(C)c(C(C)C)cc1C=O. The fourth-order valence-electron chi connectivity index (χ4n) is 1.64. The van der Waals surface area contributed by atoms with Crippen molar-refractivity contribution in [1.29, 1.82) is 0 Å². The average molecular weight is 176 g/mol. The van der Waals surface area contributed by atoms with Gasteiger partial charge in [0.25, 0.3) is 0 Å². The summed E-state index contributed by atoms with van der Waals surface area (Å²) >= 11 is 0. The second-order valence-electron chi connectivity index (χ2n) is 3.84. The second-order valence-corrected chi connectivity index (χ2v) is 3.84. The number of aryl methyl sites for hydroxylation is 2. The van der Waals surface area contributed by atoms with Crippen LogP contribution in [-0.4, -0.2) is 6.29 Å². The van der Waals surface area contributed by atoms with Crippen LogP contribution in [0.4, 0.5) is 0 Å². The highest BCUT2D eigenvalue weighted by Crippen LogP contribution is 2.22. The van der Waals surface area contributed by atoms with Gasteiger partial charge in [0.15, 0.2) is 0 Å². The van der Waals surface area contributed by atoms with Crippen LogP contribution in [0, 0.1) is 13.8 Å². The van der Waals surface area contributed by atoms with E-state index in [0.29, 0.717) is 5.92 Å². The minimum absolute atomic E-state index is 0.485. The molecule has 0 spiro atoms. The van der Waals surface area contributed by atoms with Gasteiger partial charge in [0.2, 0.25) is 0 Å². The molecular formula is C12H16O. The summed E-state index contributed by atoms with van der Waals surface area (Å²) in [5.74, 6) is 0.485. The zero-order valence-electron chi connectivity index (χ0n) is 8.72. The van der Waals surface area contributed by atoms with Crippen LogP contribution in [0.25, 0.3) is 0 Å². The number of benzene rings is 1. The quantitative estimate of drug-likeness (QED) is 0.632. The van der Waals surface area contributed by atoms with Crippen LogP contribution < -0.4 is 0 Å².